The zero-order chi connectivity index (χ0) is 25.5. The number of benzene rings is 2. The molecule has 0 radical (unpaired) electrons. The lowest BCUT2D eigenvalue weighted by Gasteiger charge is -2.40. The van der Waals surface area contributed by atoms with Gasteiger partial charge in [-0.15, -0.1) is 0 Å². The Balaban J connectivity index is 1.79. The fraction of sp³-hybridized carbons (Fsp3) is 0.333. The van der Waals surface area contributed by atoms with Crippen molar-refractivity contribution in [3.05, 3.63) is 59.7 Å². The highest BCUT2D eigenvalue weighted by Crippen LogP contribution is 2.41. The van der Waals surface area contributed by atoms with Crippen LogP contribution in [0.25, 0.3) is 6.08 Å². The molecule has 5 atom stereocenters. The highest BCUT2D eigenvalue weighted by atomic mass is 16.7. The third-order valence-corrected chi connectivity index (χ3v) is 5.19. The summed E-state index contributed by atoms with van der Waals surface area (Å²) in [4.78, 5) is 23.0. The van der Waals surface area contributed by atoms with Gasteiger partial charge in [-0.05, 0) is 35.9 Å². The topological polar surface area (TPSA) is 161 Å². The highest BCUT2D eigenvalue weighted by molar-refractivity contribution is 5.89. The summed E-state index contributed by atoms with van der Waals surface area (Å²) >= 11 is 0. The SMILES string of the molecule is COc1cc(C=CC(=O)O)cc(OC)c1O[C@@H]1O[C@H](COC(=O)c2ccccc2)[C@@H](O)[C@H](O)[C@H]1O. The zero-order valence-electron chi connectivity index (χ0n) is 18.9. The second-order valence-corrected chi connectivity index (χ2v) is 7.52. The molecule has 2 aromatic rings. The molecule has 0 amide bonds. The standard InChI is InChI=1S/C24H26O11/c1-31-15-10-13(8-9-18(25)26)11-16(32-2)22(15)35-24-21(29)20(28)19(27)17(34-24)12-33-23(30)14-6-4-3-5-7-14/h3-11,17,19-21,24,27-29H,12H2,1-2H3,(H,25,26)/t17-,19-,20+,21-,24+/m1/s1. The van der Waals surface area contributed by atoms with E-state index in [9.17, 15) is 24.9 Å². The summed E-state index contributed by atoms with van der Waals surface area (Å²) in [7, 11) is 2.68. The third-order valence-electron chi connectivity index (χ3n) is 5.19. The van der Waals surface area contributed by atoms with Crippen molar-refractivity contribution >= 4 is 18.0 Å². The molecule has 0 spiro atoms. The van der Waals surface area contributed by atoms with Crippen molar-refractivity contribution in [3.8, 4) is 17.2 Å². The van der Waals surface area contributed by atoms with Gasteiger partial charge in [-0.2, -0.15) is 0 Å². The van der Waals surface area contributed by atoms with Gasteiger partial charge in [-0.1, -0.05) is 18.2 Å². The van der Waals surface area contributed by atoms with Crippen molar-refractivity contribution in [3.63, 3.8) is 0 Å². The molecule has 4 N–H and O–H groups in total. The minimum atomic E-state index is -1.68. The van der Waals surface area contributed by atoms with Gasteiger partial charge in [0.25, 0.3) is 0 Å². The van der Waals surface area contributed by atoms with E-state index in [-0.39, 0.29) is 22.8 Å². The summed E-state index contributed by atoms with van der Waals surface area (Å²) < 4.78 is 27.2. The number of methoxy groups -OCH3 is 2. The molecule has 1 fully saturated rings. The summed E-state index contributed by atoms with van der Waals surface area (Å²) in [5.41, 5.74) is 0.720. The van der Waals surface area contributed by atoms with Gasteiger partial charge in [0.05, 0.1) is 19.8 Å². The van der Waals surface area contributed by atoms with E-state index in [0.717, 1.165) is 6.08 Å². The number of aliphatic carboxylic acids is 1. The van der Waals surface area contributed by atoms with Crippen LogP contribution in [0.15, 0.2) is 48.5 Å². The second-order valence-electron chi connectivity index (χ2n) is 7.52. The quantitative estimate of drug-likeness (QED) is 0.291. The number of esters is 1. The van der Waals surface area contributed by atoms with E-state index in [2.05, 4.69) is 0 Å². The molecule has 3 rings (SSSR count). The van der Waals surface area contributed by atoms with Crippen LogP contribution in [0.5, 0.6) is 17.2 Å². The predicted molar refractivity (Wildman–Crippen MR) is 120 cm³/mol. The van der Waals surface area contributed by atoms with Crippen LogP contribution in [0.1, 0.15) is 15.9 Å². The molecule has 35 heavy (non-hydrogen) atoms. The Morgan fingerprint density at radius 2 is 1.60 bits per heavy atom. The van der Waals surface area contributed by atoms with Gasteiger partial charge in [0.1, 0.15) is 31.0 Å². The van der Waals surface area contributed by atoms with Crippen molar-refractivity contribution in [1.29, 1.82) is 0 Å². The molecule has 11 heteroatoms. The number of hydrogen-bond donors (Lipinski definition) is 4. The first-order valence-corrected chi connectivity index (χ1v) is 10.5. The number of ether oxygens (including phenoxy) is 5. The van der Waals surface area contributed by atoms with Crippen LogP contribution in [0.4, 0.5) is 0 Å². The fourth-order valence-corrected chi connectivity index (χ4v) is 3.36. The number of carboxylic acids is 1. The van der Waals surface area contributed by atoms with Crippen molar-refractivity contribution in [2.24, 2.45) is 0 Å². The first kappa shape index (κ1) is 26.0. The average molecular weight is 490 g/mol. The monoisotopic (exact) mass is 490 g/mol. The van der Waals surface area contributed by atoms with Crippen LogP contribution in [0.3, 0.4) is 0 Å². The van der Waals surface area contributed by atoms with E-state index in [0.29, 0.717) is 5.56 Å². The molecule has 0 saturated carbocycles. The number of hydrogen-bond acceptors (Lipinski definition) is 10. The third kappa shape index (κ3) is 6.28. The van der Waals surface area contributed by atoms with Gasteiger partial charge < -0.3 is 44.1 Å². The van der Waals surface area contributed by atoms with E-state index >= 15 is 0 Å². The Kier molecular flexibility index (Phi) is 8.66. The molecule has 1 aliphatic rings. The number of carboxylic acid groups (broad SMARTS) is 1. The molecule has 1 aliphatic heterocycles. The van der Waals surface area contributed by atoms with Crippen LogP contribution in [-0.4, -0.2) is 83.9 Å². The molecule has 11 nitrogen and oxygen atoms in total. The lowest BCUT2D eigenvalue weighted by atomic mass is 9.99. The van der Waals surface area contributed by atoms with Crippen molar-refractivity contribution in [2.45, 2.75) is 30.7 Å². The summed E-state index contributed by atoms with van der Waals surface area (Å²) in [6.07, 6.45) is -5.39. The maximum absolute atomic E-state index is 12.2. The number of carbonyl (C=O) groups excluding carboxylic acids is 1. The molecule has 0 unspecified atom stereocenters. The van der Waals surface area contributed by atoms with Gasteiger partial charge >= 0.3 is 11.9 Å². The van der Waals surface area contributed by atoms with Crippen molar-refractivity contribution < 1.29 is 53.7 Å². The Morgan fingerprint density at radius 3 is 2.17 bits per heavy atom. The van der Waals surface area contributed by atoms with Gasteiger partial charge in [-0.25, -0.2) is 9.59 Å². The minimum Gasteiger partial charge on any atom is -0.493 e. The van der Waals surface area contributed by atoms with Gasteiger partial charge in [0, 0.05) is 6.08 Å². The molecule has 2 aromatic carbocycles. The lowest BCUT2D eigenvalue weighted by Crippen LogP contribution is -2.60. The Hall–Kier alpha value is -3.64. The minimum absolute atomic E-state index is 0.00450. The summed E-state index contributed by atoms with van der Waals surface area (Å²) in [5, 5.41) is 40.0. The molecule has 188 valence electrons. The van der Waals surface area contributed by atoms with Crippen LogP contribution in [0.2, 0.25) is 0 Å². The number of aliphatic hydroxyl groups is 3. The van der Waals surface area contributed by atoms with Crippen LogP contribution in [0, 0.1) is 0 Å². The maximum Gasteiger partial charge on any atom is 0.338 e. The van der Waals surface area contributed by atoms with E-state index in [1.54, 1.807) is 30.3 Å². The fourth-order valence-electron chi connectivity index (χ4n) is 3.36. The van der Waals surface area contributed by atoms with E-state index < -0.39 is 49.3 Å². The number of carbonyl (C=O) groups is 2. The summed E-state index contributed by atoms with van der Waals surface area (Å²) in [6.45, 7) is -0.425. The van der Waals surface area contributed by atoms with Gasteiger partial charge in [0.15, 0.2) is 11.5 Å². The molecular weight excluding hydrogens is 464 g/mol. The lowest BCUT2D eigenvalue weighted by molar-refractivity contribution is -0.277. The zero-order valence-corrected chi connectivity index (χ0v) is 18.9. The molecule has 0 aromatic heterocycles. The van der Waals surface area contributed by atoms with E-state index in [1.165, 1.54) is 32.4 Å². The molecular formula is C24H26O11. The van der Waals surface area contributed by atoms with Gasteiger partial charge in [-0.3, -0.25) is 0 Å². The Bertz CT molecular complexity index is 1030. The maximum atomic E-state index is 12.2. The smallest absolute Gasteiger partial charge is 0.338 e. The molecule has 0 bridgehead atoms. The second kappa shape index (κ2) is 11.7. The molecule has 0 aliphatic carbocycles. The number of aliphatic hydroxyl groups excluding tert-OH is 3. The van der Waals surface area contributed by atoms with Crippen molar-refractivity contribution in [1.82, 2.24) is 0 Å². The number of rotatable bonds is 9. The normalized spacial score (nSPS) is 24.1. The summed E-state index contributed by atoms with van der Waals surface area (Å²) in [5.74, 6) is -1.56. The van der Waals surface area contributed by atoms with Crippen LogP contribution >= 0.6 is 0 Å². The summed E-state index contributed by atoms with van der Waals surface area (Å²) in [6, 6.07) is 11.1. The largest absolute Gasteiger partial charge is 0.493 e. The first-order chi connectivity index (χ1) is 16.7. The predicted octanol–water partition coefficient (Wildman–Crippen LogP) is 0.845. The average Bonchev–Trinajstić information content (AvgIpc) is 2.87. The van der Waals surface area contributed by atoms with Crippen molar-refractivity contribution in [2.75, 3.05) is 20.8 Å². The highest BCUT2D eigenvalue weighted by Gasteiger charge is 2.46. The van der Waals surface area contributed by atoms with E-state index in [1.807, 2.05) is 0 Å². The first-order valence-electron chi connectivity index (χ1n) is 10.5. The van der Waals surface area contributed by atoms with Gasteiger partial charge in [0.2, 0.25) is 12.0 Å². The Morgan fingerprint density at radius 1 is 0.971 bits per heavy atom. The van der Waals surface area contributed by atoms with E-state index in [4.69, 9.17) is 28.8 Å². The molecule has 1 saturated heterocycles. The van der Waals surface area contributed by atoms with Crippen LogP contribution < -0.4 is 14.2 Å². The molecule has 1 heterocycles. The Labute approximate surface area is 200 Å². The van der Waals surface area contributed by atoms with Crippen LogP contribution in [-0.2, 0) is 14.3 Å².